The quantitative estimate of drug-likeness (QED) is 0.544. The molecule has 1 rings (SSSR count). The summed E-state index contributed by atoms with van der Waals surface area (Å²) in [5.74, 6) is 0.346. The smallest absolute Gasteiger partial charge is 0.158 e. The Hall–Kier alpha value is -0.850. The number of rotatable bonds is 1. The van der Waals surface area contributed by atoms with Crippen LogP contribution in [0, 0.1) is 0 Å². The van der Waals surface area contributed by atoms with Gasteiger partial charge in [0.25, 0.3) is 0 Å². The first-order chi connectivity index (χ1) is 5.70. The predicted molar refractivity (Wildman–Crippen MR) is 51.0 cm³/mol. The Bertz CT molecular complexity index is 229. The average Bonchev–Trinajstić information content (AvgIpc) is 2.03. The molecule has 0 unspecified atom stereocenters. The minimum atomic E-state index is 0.346. The molecule has 66 valence electrons. The van der Waals surface area contributed by atoms with Crippen molar-refractivity contribution in [3.8, 4) is 0 Å². The Morgan fingerprint density at radius 2 is 1.92 bits per heavy atom. The molecule has 0 saturated heterocycles. The largest absolute Gasteiger partial charge is 0.295 e. The van der Waals surface area contributed by atoms with Crippen LogP contribution in [0.25, 0.3) is 0 Å². The molecule has 0 aromatic carbocycles. The van der Waals surface area contributed by atoms with Gasteiger partial charge in [-0.25, -0.2) is 0 Å². The van der Waals surface area contributed by atoms with E-state index in [1.54, 1.807) is 0 Å². The summed E-state index contributed by atoms with van der Waals surface area (Å²) in [6.45, 7) is 4.09. The van der Waals surface area contributed by atoms with Gasteiger partial charge in [-0.05, 0) is 38.7 Å². The van der Waals surface area contributed by atoms with Crippen LogP contribution in [0.4, 0.5) is 0 Å². The average molecular weight is 164 g/mol. The standard InChI is InChI=1S/C11H16O/c1-9(2)7-8-10-5-3-4-6-11(10)12/h7-8H,3-6H2,1-2H3. The van der Waals surface area contributed by atoms with Gasteiger partial charge < -0.3 is 0 Å². The Labute approximate surface area is 74.2 Å². The molecular weight excluding hydrogens is 148 g/mol. The number of Topliss-reactive ketones (excluding diaryl/α,β-unsaturated/α-hetero) is 1. The zero-order chi connectivity index (χ0) is 8.97. The molecule has 0 amide bonds. The van der Waals surface area contributed by atoms with Gasteiger partial charge in [-0.1, -0.05) is 17.7 Å². The highest BCUT2D eigenvalue weighted by molar-refractivity contribution is 5.96. The summed E-state index contributed by atoms with van der Waals surface area (Å²) in [4.78, 5) is 11.3. The number of carbonyl (C=O) groups is 1. The van der Waals surface area contributed by atoms with Crippen LogP contribution >= 0.6 is 0 Å². The highest BCUT2D eigenvalue weighted by Crippen LogP contribution is 2.19. The van der Waals surface area contributed by atoms with Gasteiger partial charge in [0.05, 0.1) is 0 Å². The van der Waals surface area contributed by atoms with Crippen LogP contribution in [0.2, 0.25) is 0 Å². The Morgan fingerprint density at radius 3 is 2.50 bits per heavy atom. The van der Waals surface area contributed by atoms with Crippen molar-refractivity contribution >= 4 is 5.78 Å². The molecule has 0 atom stereocenters. The first-order valence-electron chi connectivity index (χ1n) is 4.57. The molecule has 0 heterocycles. The predicted octanol–water partition coefficient (Wildman–Crippen LogP) is 3.02. The van der Waals surface area contributed by atoms with Crippen LogP contribution in [0.5, 0.6) is 0 Å². The van der Waals surface area contributed by atoms with E-state index >= 15 is 0 Å². The maximum atomic E-state index is 11.3. The SMILES string of the molecule is CC(C)=CC=C1CCCCC1=O. The van der Waals surface area contributed by atoms with Crippen molar-refractivity contribution in [2.45, 2.75) is 39.5 Å². The van der Waals surface area contributed by atoms with Gasteiger partial charge in [0.1, 0.15) is 0 Å². The minimum Gasteiger partial charge on any atom is -0.295 e. The fourth-order valence-corrected chi connectivity index (χ4v) is 1.34. The molecule has 1 saturated carbocycles. The lowest BCUT2D eigenvalue weighted by Gasteiger charge is -2.11. The van der Waals surface area contributed by atoms with E-state index in [4.69, 9.17) is 0 Å². The number of hydrogen-bond donors (Lipinski definition) is 0. The van der Waals surface area contributed by atoms with Crippen molar-refractivity contribution in [1.29, 1.82) is 0 Å². The molecular formula is C11H16O. The minimum absolute atomic E-state index is 0.346. The van der Waals surface area contributed by atoms with Crippen molar-refractivity contribution < 1.29 is 4.79 Å². The van der Waals surface area contributed by atoms with Gasteiger partial charge in [-0.15, -0.1) is 0 Å². The molecule has 0 bridgehead atoms. The second-order valence-corrected chi connectivity index (χ2v) is 3.57. The lowest BCUT2D eigenvalue weighted by Crippen LogP contribution is -2.07. The first kappa shape index (κ1) is 9.24. The molecule has 1 nitrogen and oxygen atoms in total. The molecule has 0 aromatic rings. The van der Waals surface area contributed by atoms with E-state index in [9.17, 15) is 4.79 Å². The Kier molecular flexibility index (Phi) is 3.27. The molecule has 0 N–H and O–H groups in total. The van der Waals surface area contributed by atoms with E-state index in [2.05, 4.69) is 0 Å². The summed E-state index contributed by atoms with van der Waals surface area (Å²) in [5.41, 5.74) is 2.27. The lowest BCUT2D eigenvalue weighted by atomic mass is 9.93. The van der Waals surface area contributed by atoms with Gasteiger partial charge in [0.2, 0.25) is 0 Å². The molecule has 1 aliphatic rings. The molecule has 12 heavy (non-hydrogen) atoms. The molecule has 1 aliphatic carbocycles. The zero-order valence-corrected chi connectivity index (χ0v) is 7.89. The molecule has 0 aromatic heterocycles. The van der Waals surface area contributed by atoms with Gasteiger partial charge in [0, 0.05) is 6.42 Å². The summed E-state index contributed by atoms with van der Waals surface area (Å²) in [7, 11) is 0. The summed E-state index contributed by atoms with van der Waals surface area (Å²) in [5, 5.41) is 0. The van der Waals surface area contributed by atoms with Gasteiger partial charge in [-0.2, -0.15) is 0 Å². The maximum Gasteiger partial charge on any atom is 0.158 e. The van der Waals surface area contributed by atoms with Crippen LogP contribution in [0.3, 0.4) is 0 Å². The molecule has 1 fully saturated rings. The number of ketones is 1. The first-order valence-corrected chi connectivity index (χ1v) is 4.57. The lowest BCUT2D eigenvalue weighted by molar-refractivity contribution is -0.116. The van der Waals surface area contributed by atoms with Crippen LogP contribution in [-0.2, 0) is 4.79 Å². The van der Waals surface area contributed by atoms with Crippen molar-refractivity contribution in [1.82, 2.24) is 0 Å². The summed E-state index contributed by atoms with van der Waals surface area (Å²) >= 11 is 0. The normalized spacial score (nSPS) is 21.2. The highest BCUT2D eigenvalue weighted by atomic mass is 16.1. The number of allylic oxidation sites excluding steroid dienone is 4. The summed E-state index contributed by atoms with van der Waals surface area (Å²) in [6, 6.07) is 0. The molecule has 1 heteroatoms. The fourth-order valence-electron chi connectivity index (χ4n) is 1.34. The number of hydrogen-bond acceptors (Lipinski definition) is 1. The van der Waals surface area contributed by atoms with E-state index in [1.165, 1.54) is 12.0 Å². The van der Waals surface area contributed by atoms with E-state index in [-0.39, 0.29) is 0 Å². The third kappa shape index (κ3) is 2.65. The second-order valence-electron chi connectivity index (χ2n) is 3.57. The summed E-state index contributed by atoms with van der Waals surface area (Å²) in [6.07, 6.45) is 7.99. The third-order valence-electron chi connectivity index (χ3n) is 2.08. The topological polar surface area (TPSA) is 17.1 Å². The van der Waals surface area contributed by atoms with E-state index in [1.807, 2.05) is 26.0 Å². The van der Waals surface area contributed by atoms with Crippen molar-refractivity contribution in [2.75, 3.05) is 0 Å². The van der Waals surface area contributed by atoms with Crippen LogP contribution in [-0.4, -0.2) is 5.78 Å². The monoisotopic (exact) mass is 164 g/mol. The van der Waals surface area contributed by atoms with Crippen molar-refractivity contribution in [3.05, 3.63) is 23.3 Å². The van der Waals surface area contributed by atoms with Gasteiger partial charge >= 0.3 is 0 Å². The van der Waals surface area contributed by atoms with Gasteiger partial charge in [-0.3, -0.25) is 4.79 Å². The molecule has 0 spiro atoms. The van der Waals surface area contributed by atoms with Crippen LogP contribution in [0.15, 0.2) is 23.3 Å². The Balaban J connectivity index is 2.65. The van der Waals surface area contributed by atoms with Crippen LogP contribution < -0.4 is 0 Å². The maximum absolute atomic E-state index is 11.3. The summed E-state index contributed by atoms with van der Waals surface area (Å²) < 4.78 is 0. The highest BCUT2D eigenvalue weighted by Gasteiger charge is 2.13. The third-order valence-corrected chi connectivity index (χ3v) is 2.08. The van der Waals surface area contributed by atoms with Crippen molar-refractivity contribution in [3.63, 3.8) is 0 Å². The van der Waals surface area contributed by atoms with Gasteiger partial charge in [0.15, 0.2) is 5.78 Å². The van der Waals surface area contributed by atoms with Crippen LogP contribution in [0.1, 0.15) is 39.5 Å². The second kappa shape index (κ2) is 4.24. The van der Waals surface area contributed by atoms with E-state index in [0.29, 0.717) is 5.78 Å². The van der Waals surface area contributed by atoms with Crippen molar-refractivity contribution in [2.24, 2.45) is 0 Å². The molecule has 0 radical (unpaired) electrons. The molecule has 0 aliphatic heterocycles. The Morgan fingerprint density at radius 1 is 1.25 bits per heavy atom. The van der Waals surface area contributed by atoms with E-state index < -0.39 is 0 Å². The number of carbonyl (C=O) groups excluding carboxylic acids is 1. The zero-order valence-electron chi connectivity index (χ0n) is 7.89. The fraction of sp³-hybridized carbons (Fsp3) is 0.545. The van der Waals surface area contributed by atoms with E-state index in [0.717, 1.165) is 24.8 Å².